The Kier molecular flexibility index (Phi) is 4.92. The molecule has 13 aromatic rings. The fourth-order valence-electron chi connectivity index (χ4n) is 8.81. The maximum absolute atomic E-state index is 6.50. The van der Waals surface area contributed by atoms with E-state index < -0.39 is 0 Å². The van der Waals surface area contributed by atoms with Crippen molar-refractivity contribution in [2.24, 2.45) is 0 Å². The Balaban J connectivity index is 1.21. The molecule has 0 aliphatic rings. The van der Waals surface area contributed by atoms with Gasteiger partial charge in [-0.3, -0.25) is 4.57 Å². The number of fused-ring (bicyclic) bond motifs is 7. The molecule has 52 heavy (non-hydrogen) atoms. The van der Waals surface area contributed by atoms with Gasteiger partial charge in [-0.15, -0.1) is 11.3 Å². The van der Waals surface area contributed by atoms with E-state index in [1.165, 1.54) is 58.3 Å². The van der Waals surface area contributed by atoms with Crippen molar-refractivity contribution in [1.29, 1.82) is 0 Å². The number of hydrogen-bond donors (Lipinski definition) is 0. The summed E-state index contributed by atoms with van der Waals surface area (Å²) in [5.74, 6) is 1.74. The third-order valence-electron chi connectivity index (χ3n) is 10.9. The number of para-hydroxylation sites is 3. The minimum absolute atomic E-state index is 0.564. The van der Waals surface area contributed by atoms with Crippen molar-refractivity contribution in [1.82, 2.24) is 23.9 Å². The van der Waals surface area contributed by atoms with Crippen molar-refractivity contribution < 1.29 is 4.42 Å². The zero-order valence-corrected chi connectivity index (χ0v) is 28.1. The van der Waals surface area contributed by atoms with Gasteiger partial charge in [0.1, 0.15) is 11.2 Å². The summed E-state index contributed by atoms with van der Waals surface area (Å²) in [7, 11) is 0. The second-order valence-electron chi connectivity index (χ2n) is 13.6. The normalized spacial score (nSPS) is 12.6. The molecule has 0 bridgehead atoms. The van der Waals surface area contributed by atoms with E-state index in [1.54, 1.807) is 0 Å². The Hall–Kier alpha value is -6.83. The largest absolute Gasteiger partial charge is 0.455 e. The zero-order chi connectivity index (χ0) is 33.7. The van der Waals surface area contributed by atoms with Gasteiger partial charge in [0.05, 0.1) is 33.1 Å². The topological polar surface area (TPSA) is 61.2 Å². The van der Waals surface area contributed by atoms with Gasteiger partial charge in [0.25, 0.3) is 0 Å². The highest BCUT2D eigenvalue weighted by molar-refractivity contribution is 7.26. The third-order valence-corrected chi connectivity index (χ3v) is 12.0. The van der Waals surface area contributed by atoms with Crippen LogP contribution in [0, 0.1) is 0 Å². The van der Waals surface area contributed by atoms with Crippen LogP contribution >= 0.6 is 11.3 Å². The van der Waals surface area contributed by atoms with Crippen molar-refractivity contribution in [3.63, 3.8) is 0 Å². The Bertz CT molecular complexity index is 3590. The minimum atomic E-state index is 0.564. The van der Waals surface area contributed by atoms with Crippen molar-refractivity contribution in [2.45, 2.75) is 0 Å². The number of aromatic nitrogens is 5. The Morgan fingerprint density at radius 3 is 2.12 bits per heavy atom. The summed E-state index contributed by atoms with van der Waals surface area (Å²) in [4.78, 5) is 15.7. The van der Waals surface area contributed by atoms with Gasteiger partial charge in [-0.25, -0.2) is 4.98 Å². The van der Waals surface area contributed by atoms with Crippen molar-refractivity contribution >= 4 is 103 Å². The number of rotatable bonds is 3. The van der Waals surface area contributed by atoms with E-state index in [0.29, 0.717) is 17.6 Å². The van der Waals surface area contributed by atoms with Gasteiger partial charge in [0.2, 0.25) is 5.95 Å². The van der Waals surface area contributed by atoms with Gasteiger partial charge in [0, 0.05) is 58.1 Å². The molecule has 7 heteroatoms. The van der Waals surface area contributed by atoms with E-state index in [4.69, 9.17) is 19.4 Å². The number of thiophene rings is 1. The lowest BCUT2D eigenvalue weighted by atomic mass is 10.0. The summed E-state index contributed by atoms with van der Waals surface area (Å²) in [6, 6.07) is 49.1. The molecule has 0 aliphatic heterocycles. The predicted octanol–water partition coefficient (Wildman–Crippen LogP) is 12.0. The maximum atomic E-state index is 6.50. The van der Waals surface area contributed by atoms with Crippen LogP contribution in [0.2, 0.25) is 0 Å². The maximum Gasteiger partial charge on any atom is 0.238 e. The summed E-state index contributed by atoms with van der Waals surface area (Å²) < 4.78 is 13.8. The average Bonchev–Trinajstić information content (AvgIpc) is 3.93. The molecule has 0 saturated heterocycles. The van der Waals surface area contributed by atoms with E-state index in [2.05, 4.69) is 106 Å². The van der Waals surface area contributed by atoms with E-state index in [-0.39, 0.29) is 0 Å². The second kappa shape index (κ2) is 9.48. The van der Waals surface area contributed by atoms with Gasteiger partial charge in [-0.2, -0.15) is 9.97 Å². The third kappa shape index (κ3) is 3.27. The predicted molar refractivity (Wildman–Crippen MR) is 214 cm³/mol. The first-order chi connectivity index (χ1) is 25.8. The molecular formula is C45H23N5OS. The number of furan rings is 1. The van der Waals surface area contributed by atoms with Crippen LogP contribution in [-0.2, 0) is 0 Å². The first kappa shape index (κ1) is 27.0. The molecule has 0 amide bonds. The minimum Gasteiger partial charge on any atom is -0.455 e. The molecule has 6 aromatic heterocycles. The van der Waals surface area contributed by atoms with Crippen LogP contribution in [0.25, 0.3) is 120 Å². The Labute approximate surface area is 298 Å². The highest BCUT2D eigenvalue weighted by Crippen LogP contribution is 2.50. The van der Waals surface area contributed by atoms with Crippen LogP contribution in [0.4, 0.5) is 0 Å². The second-order valence-corrected chi connectivity index (χ2v) is 14.6. The molecule has 6 nitrogen and oxygen atoms in total. The fourth-order valence-corrected chi connectivity index (χ4v) is 9.92. The summed E-state index contributed by atoms with van der Waals surface area (Å²) in [6.07, 6.45) is 0. The van der Waals surface area contributed by atoms with Crippen molar-refractivity contribution in [2.75, 3.05) is 0 Å². The molecule has 0 atom stereocenters. The van der Waals surface area contributed by atoms with Crippen molar-refractivity contribution in [3.8, 4) is 28.7 Å². The lowest BCUT2D eigenvalue weighted by Gasteiger charge is -2.11. The quantitative estimate of drug-likeness (QED) is 0.186. The first-order valence-corrected chi connectivity index (χ1v) is 18.2. The van der Waals surface area contributed by atoms with E-state index in [1.807, 2.05) is 53.8 Å². The van der Waals surface area contributed by atoms with Crippen LogP contribution < -0.4 is 0 Å². The lowest BCUT2D eigenvalue weighted by Crippen LogP contribution is -2.06. The smallest absolute Gasteiger partial charge is 0.238 e. The van der Waals surface area contributed by atoms with Crippen LogP contribution in [-0.4, -0.2) is 23.9 Å². The molecule has 0 fully saturated rings. The first-order valence-electron chi connectivity index (χ1n) is 17.4. The Morgan fingerprint density at radius 1 is 0.462 bits per heavy atom. The number of benzene rings is 7. The van der Waals surface area contributed by atoms with Gasteiger partial charge in [-0.05, 0) is 48.5 Å². The summed E-state index contributed by atoms with van der Waals surface area (Å²) >= 11 is 1.87. The molecule has 0 radical (unpaired) electrons. The van der Waals surface area contributed by atoms with E-state index >= 15 is 0 Å². The molecule has 240 valence electrons. The van der Waals surface area contributed by atoms with Gasteiger partial charge in [-0.1, -0.05) is 91.0 Å². The van der Waals surface area contributed by atoms with Crippen LogP contribution in [0.5, 0.6) is 0 Å². The molecule has 6 heterocycles. The molecule has 0 unspecified atom stereocenters. The highest BCUT2D eigenvalue weighted by atomic mass is 32.1. The molecule has 13 rings (SSSR count). The SMILES string of the molecule is c1ccc(-c2nc(-c3cccc4c3oc3ccccc34)nc(-n3c4ccc5sc6ccc7c8ccccc8n8c9cccc3c9c4c5c6c78)n2)cc1. The standard InChI is InChI=1S/C45H23N5OS/c1-2-10-24(11-3-1)43-46-44(29-15-8-14-28-26-13-5-7-19-34(26)51-42(28)29)48-45(47-43)50-32-18-9-17-31-37(32)38-33(50)21-23-35-39(38)40-36(52-35)22-20-27-25-12-4-6-16-30(25)49(31)41(27)40/h1-23H. The highest BCUT2D eigenvalue weighted by Gasteiger charge is 2.27. The Morgan fingerprint density at radius 2 is 1.17 bits per heavy atom. The lowest BCUT2D eigenvalue weighted by molar-refractivity contribution is 0.669. The molecule has 7 aromatic carbocycles. The molecule has 0 aliphatic carbocycles. The summed E-state index contributed by atoms with van der Waals surface area (Å²) in [5, 5.41) is 9.69. The number of nitrogens with zero attached hydrogens (tertiary/aromatic N) is 5. The number of hydrogen-bond acceptors (Lipinski definition) is 5. The van der Waals surface area contributed by atoms with Gasteiger partial charge in [0.15, 0.2) is 11.6 Å². The monoisotopic (exact) mass is 681 g/mol. The zero-order valence-electron chi connectivity index (χ0n) is 27.3. The summed E-state index contributed by atoms with van der Waals surface area (Å²) in [6.45, 7) is 0. The van der Waals surface area contributed by atoms with Crippen LogP contribution in [0.1, 0.15) is 0 Å². The molecular weight excluding hydrogens is 659 g/mol. The van der Waals surface area contributed by atoms with Crippen molar-refractivity contribution in [3.05, 3.63) is 140 Å². The molecule has 0 saturated carbocycles. The van der Waals surface area contributed by atoms with Crippen LogP contribution in [0.3, 0.4) is 0 Å². The van der Waals surface area contributed by atoms with E-state index in [0.717, 1.165) is 44.1 Å². The van der Waals surface area contributed by atoms with Crippen LogP contribution in [0.15, 0.2) is 144 Å². The average molecular weight is 682 g/mol. The molecule has 0 spiro atoms. The fraction of sp³-hybridized carbons (Fsp3) is 0. The molecule has 0 N–H and O–H groups in total. The van der Waals surface area contributed by atoms with Gasteiger partial charge < -0.3 is 8.82 Å². The summed E-state index contributed by atoms with van der Waals surface area (Å²) in [5.41, 5.74) is 9.12. The van der Waals surface area contributed by atoms with E-state index in [9.17, 15) is 0 Å². The van der Waals surface area contributed by atoms with Gasteiger partial charge >= 0.3 is 0 Å².